The lowest BCUT2D eigenvalue weighted by molar-refractivity contribution is -0.384. The second-order valence-corrected chi connectivity index (χ2v) is 10.4. The van der Waals surface area contributed by atoms with Crippen molar-refractivity contribution in [1.82, 2.24) is 9.79 Å². The first-order chi connectivity index (χ1) is 19.9. The van der Waals surface area contributed by atoms with Gasteiger partial charge in [0, 0.05) is 30.2 Å². The molecule has 0 aliphatic heterocycles. The van der Waals surface area contributed by atoms with Crippen LogP contribution in [0.4, 0.5) is 5.69 Å². The fourth-order valence-electron chi connectivity index (χ4n) is 3.73. The number of nitro groups is 1. The highest BCUT2D eigenvalue weighted by atomic mass is 32.2. The standard InChI is InChI=1S/C27H33N3O11S/c1-4-24(41-28-42(37,38)23-13-11-22(12-14-23)30(35)36)21(18-31)15-19-7-9-20(10-8-19)27(34)29(16-25(32)39-5-2)17-26(33)40-6-3/h4,7-14,21,24,28,31H,1,5-6,15-18H2,2-3H3/t21-,24-/m1/s1. The second-order valence-electron chi connectivity index (χ2n) is 8.77. The maximum Gasteiger partial charge on any atom is 0.325 e. The Bertz CT molecular complexity index is 1330. The number of hydrogen-bond acceptors (Lipinski definition) is 11. The van der Waals surface area contributed by atoms with E-state index in [0.717, 1.165) is 29.2 Å². The minimum absolute atomic E-state index is 0.106. The van der Waals surface area contributed by atoms with Crippen LogP contribution < -0.4 is 4.89 Å². The molecule has 2 aromatic rings. The fraction of sp³-hybridized carbons (Fsp3) is 0.370. The minimum atomic E-state index is -4.20. The summed E-state index contributed by atoms with van der Waals surface area (Å²) in [4.78, 5) is 55.2. The molecule has 0 unspecified atom stereocenters. The summed E-state index contributed by atoms with van der Waals surface area (Å²) in [5.41, 5.74) is 0.555. The highest BCUT2D eigenvalue weighted by Gasteiger charge is 2.25. The highest BCUT2D eigenvalue weighted by Crippen LogP contribution is 2.19. The number of ether oxygens (including phenoxy) is 2. The maximum atomic E-state index is 13.1. The molecular formula is C27H33N3O11S. The van der Waals surface area contributed by atoms with Crippen molar-refractivity contribution in [3.05, 3.63) is 82.4 Å². The van der Waals surface area contributed by atoms with Gasteiger partial charge in [-0.1, -0.05) is 23.1 Å². The number of nitrogens with zero attached hydrogens (tertiary/aromatic N) is 2. The molecule has 0 spiro atoms. The predicted octanol–water partition coefficient (Wildman–Crippen LogP) is 1.78. The largest absolute Gasteiger partial charge is 0.465 e. The molecule has 42 heavy (non-hydrogen) atoms. The Morgan fingerprint density at radius 2 is 1.57 bits per heavy atom. The molecular weight excluding hydrogens is 574 g/mol. The van der Waals surface area contributed by atoms with Gasteiger partial charge in [0.1, 0.15) is 19.2 Å². The van der Waals surface area contributed by atoms with E-state index in [2.05, 4.69) is 6.58 Å². The van der Waals surface area contributed by atoms with Crippen molar-refractivity contribution in [3.8, 4) is 0 Å². The van der Waals surface area contributed by atoms with Crippen LogP contribution in [0.15, 0.2) is 66.1 Å². The third-order valence-corrected chi connectivity index (χ3v) is 7.03. The molecule has 15 heteroatoms. The van der Waals surface area contributed by atoms with Gasteiger partial charge in [0.2, 0.25) is 0 Å². The summed E-state index contributed by atoms with van der Waals surface area (Å²) in [6.07, 6.45) is 0.518. The number of carbonyl (C=O) groups excluding carboxylic acids is 3. The van der Waals surface area contributed by atoms with E-state index in [1.54, 1.807) is 26.0 Å². The zero-order valence-corrected chi connectivity index (χ0v) is 23.9. The van der Waals surface area contributed by atoms with E-state index < -0.39 is 64.5 Å². The van der Waals surface area contributed by atoms with Gasteiger partial charge in [-0.05, 0) is 50.1 Å². The topological polar surface area (TPSA) is 192 Å². The lowest BCUT2D eigenvalue weighted by Crippen LogP contribution is -2.40. The summed E-state index contributed by atoms with van der Waals surface area (Å²) < 4.78 is 34.9. The van der Waals surface area contributed by atoms with Crippen molar-refractivity contribution in [3.63, 3.8) is 0 Å². The summed E-state index contributed by atoms with van der Waals surface area (Å²) in [7, 11) is -4.20. The molecule has 0 aromatic heterocycles. The number of aliphatic hydroxyl groups excluding tert-OH is 1. The molecule has 0 bridgehead atoms. The average molecular weight is 608 g/mol. The number of sulfonamides is 1. The molecule has 2 N–H and O–H groups in total. The lowest BCUT2D eigenvalue weighted by Gasteiger charge is -2.23. The summed E-state index contributed by atoms with van der Waals surface area (Å²) in [5.74, 6) is -2.63. The molecule has 1 amide bonds. The number of hydrogen-bond donors (Lipinski definition) is 2. The van der Waals surface area contributed by atoms with Crippen LogP contribution in [0.5, 0.6) is 0 Å². The smallest absolute Gasteiger partial charge is 0.325 e. The number of aliphatic hydroxyl groups is 1. The Morgan fingerprint density at radius 1 is 1.02 bits per heavy atom. The summed E-state index contributed by atoms with van der Waals surface area (Å²) >= 11 is 0. The normalized spacial score (nSPS) is 12.5. The molecule has 0 fully saturated rings. The van der Waals surface area contributed by atoms with E-state index in [4.69, 9.17) is 14.3 Å². The SMILES string of the molecule is C=C[C@@H](ONS(=O)(=O)c1ccc([N+](=O)[O-])cc1)[C@@H](CO)Cc1ccc(C(=O)N(CC(=O)OCC)CC(=O)OCC)cc1. The van der Waals surface area contributed by atoms with Crippen molar-refractivity contribution < 1.29 is 47.1 Å². The molecule has 0 saturated heterocycles. The molecule has 0 heterocycles. The number of rotatable bonds is 17. The van der Waals surface area contributed by atoms with Gasteiger partial charge in [-0.2, -0.15) is 0 Å². The number of nitrogens with one attached hydrogen (secondary N) is 1. The molecule has 2 atom stereocenters. The van der Waals surface area contributed by atoms with Crippen molar-refractivity contribution in [2.45, 2.75) is 31.3 Å². The maximum absolute atomic E-state index is 13.1. The first-order valence-electron chi connectivity index (χ1n) is 12.8. The molecule has 14 nitrogen and oxygen atoms in total. The first-order valence-corrected chi connectivity index (χ1v) is 14.3. The van der Waals surface area contributed by atoms with Gasteiger partial charge in [0.25, 0.3) is 21.6 Å². The Labute approximate surface area is 243 Å². The van der Waals surface area contributed by atoms with Gasteiger partial charge in [-0.25, -0.2) is 8.42 Å². The van der Waals surface area contributed by atoms with Crippen LogP contribution >= 0.6 is 0 Å². The lowest BCUT2D eigenvalue weighted by atomic mass is 9.94. The zero-order valence-electron chi connectivity index (χ0n) is 23.1. The van der Waals surface area contributed by atoms with Crippen LogP contribution in [0.2, 0.25) is 0 Å². The van der Waals surface area contributed by atoms with E-state index in [9.17, 15) is 38.0 Å². The van der Waals surface area contributed by atoms with E-state index in [1.807, 2.05) is 4.89 Å². The van der Waals surface area contributed by atoms with Crippen molar-refractivity contribution in [2.24, 2.45) is 5.92 Å². The molecule has 0 aliphatic rings. The second kappa shape index (κ2) is 16.3. The van der Waals surface area contributed by atoms with E-state index in [0.29, 0.717) is 5.56 Å². The number of nitro benzene ring substituents is 1. The molecule has 0 aliphatic carbocycles. The molecule has 228 valence electrons. The Morgan fingerprint density at radius 3 is 2.02 bits per heavy atom. The summed E-state index contributed by atoms with van der Waals surface area (Å²) in [5, 5.41) is 20.8. The van der Waals surface area contributed by atoms with Crippen LogP contribution in [-0.2, 0) is 40.3 Å². The average Bonchev–Trinajstić information content (AvgIpc) is 2.96. The van der Waals surface area contributed by atoms with Crippen LogP contribution in [0.25, 0.3) is 0 Å². The van der Waals surface area contributed by atoms with E-state index in [-0.39, 0.29) is 35.8 Å². The fourth-order valence-corrected chi connectivity index (χ4v) is 4.56. The Balaban J connectivity index is 2.10. The Kier molecular flexibility index (Phi) is 13.2. The molecule has 0 radical (unpaired) electrons. The third-order valence-electron chi connectivity index (χ3n) is 5.82. The quantitative estimate of drug-likeness (QED) is 0.115. The van der Waals surface area contributed by atoms with Crippen LogP contribution in [0.3, 0.4) is 0 Å². The first kappa shape index (κ1) is 34.0. The summed E-state index contributed by atoms with van der Waals surface area (Å²) in [6.45, 7) is 5.76. The summed E-state index contributed by atoms with van der Waals surface area (Å²) in [6, 6.07) is 10.4. The van der Waals surface area contributed by atoms with Crippen molar-refractivity contribution in [2.75, 3.05) is 32.9 Å². The third kappa shape index (κ3) is 10.0. The van der Waals surface area contributed by atoms with Gasteiger partial charge < -0.3 is 19.5 Å². The number of amides is 1. The van der Waals surface area contributed by atoms with Gasteiger partial charge in [0.15, 0.2) is 0 Å². The van der Waals surface area contributed by atoms with Crippen LogP contribution in [0.1, 0.15) is 29.8 Å². The monoisotopic (exact) mass is 607 g/mol. The highest BCUT2D eigenvalue weighted by molar-refractivity contribution is 7.89. The number of carbonyl (C=O) groups is 3. The van der Waals surface area contributed by atoms with Gasteiger partial charge in [-0.15, -0.1) is 6.58 Å². The number of non-ortho nitro benzene ring substituents is 1. The molecule has 0 saturated carbocycles. The zero-order chi connectivity index (χ0) is 31.3. The van der Waals surface area contributed by atoms with E-state index in [1.165, 1.54) is 18.2 Å². The van der Waals surface area contributed by atoms with Gasteiger partial charge >= 0.3 is 11.9 Å². The predicted molar refractivity (Wildman–Crippen MR) is 148 cm³/mol. The number of benzene rings is 2. The van der Waals surface area contributed by atoms with Gasteiger partial charge in [-0.3, -0.25) is 29.3 Å². The van der Waals surface area contributed by atoms with Crippen LogP contribution in [-0.4, -0.2) is 80.2 Å². The van der Waals surface area contributed by atoms with Crippen molar-refractivity contribution in [1.29, 1.82) is 0 Å². The van der Waals surface area contributed by atoms with E-state index >= 15 is 0 Å². The molecule has 2 aromatic carbocycles. The minimum Gasteiger partial charge on any atom is -0.465 e. The van der Waals surface area contributed by atoms with Crippen LogP contribution in [0, 0.1) is 16.0 Å². The van der Waals surface area contributed by atoms with Gasteiger partial charge in [0.05, 0.1) is 23.0 Å². The Hall–Kier alpha value is -4.18. The number of esters is 2. The van der Waals surface area contributed by atoms with Crippen molar-refractivity contribution >= 4 is 33.6 Å². The molecule has 2 rings (SSSR count).